The number of nitrogens with two attached hydrogens (primary N) is 1. The van der Waals surface area contributed by atoms with Gasteiger partial charge in [0.15, 0.2) is 0 Å². The first-order chi connectivity index (χ1) is 15.8. The number of phosphoric ester groups is 1. The van der Waals surface area contributed by atoms with Crippen molar-refractivity contribution in [1.82, 2.24) is 9.97 Å². The average molecular weight is 548 g/mol. The molecular formula is C13H19N4O14P3. The summed E-state index contributed by atoms with van der Waals surface area (Å²) in [7, 11) is -15.2. The monoisotopic (exact) mass is 548 g/mol. The lowest BCUT2D eigenvalue weighted by molar-refractivity contribution is -0.247. The van der Waals surface area contributed by atoms with E-state index in [0.29, 0.717) is 17.0 Å². The van der Waals surface area contributed by atoms with Crippen molar-refractivity contribution < 1.29 is 65.4 Å². The van der Waals surface area contributed by atoms with Gasteiger partial charge in [-0.15, -0.1) is 0 Å². The quantitative estimate of drug-likeness (QED) is 0.236. The van der Waals surface area contributed by atoms with Gasteiger partial charge in [-0.25, -0.2) is 23.7 Å². The van der Waals surface area contributed by atoms with Crippen LogP contribution >= 0.6 is 23.5 Å². The highest BCUT2D eigenvalue weighted by atomic mass is 31.3. The molecule has 0 aliphatic carbocycles. The molecule has 3 aliphatic rings. The summed E-state index contributed by atoms with van der Waals surface area (Å²) >= 11 is 0. The van der Waals surface area contributed by atoms with E-state index < -0.39 is 61.0 Å². The molecule has 4 rings (SSSR count). The van der Waals surface area contributed by atoms with Crippen LogP contribution < -0.4 is 5.73 Å². The fourth-order valence-corrected chi connectivity index (χ4v) is 6.56. The zero-order valence-corrected chi connectivity index (χ0v) is 19.7. The minimum Gasteiger partial charge on any atom is -0.383 e. The molecule has 190 valence electrons. The number of hydrogen-bond acceptors (Lipinski definition) is 14. The van der Waals surface area contributed by atoms with Crippen LogP contribution in [-0.4, -0.2) is 79.9 Å². The maximum atomic E-state index is 12.1. The van der Waals surface area contributed by atoms with Gasteiger partial charge in [-0.3, -0.25) is 9.52 Å². The van der Waals surface area contributed by atoms with Crippen LogP contribution in [0.3, 0.4) is 0 Å². The van der Waals surface area contributed by atoms with Gasteiger partial charge in [0.1, 0.15) is 36.6 Å². The van der Waals surface area contributed by atoms with E-state index in [2.05, 4.69) is 28.1 Å². The van der Waals surface area contributed by atoms with E-state index in [1.54, 1.807) is 0 Å². The average Bonchev–Trinajstić information content (AvgIpc) is 3.37. The van der Waals surface area contributed by atoms with Crippen LogP contribution in [0.2, 0.25) is 0 Å². The molecule has 0 bridgehead atoms. The summed E-state index contributed by atoms with van der Waals surface area (Å²) in [5, 5.41) is 0. The highest BCUT2D eigenvalue weighted by Gasteiger charge is 2.56. The maximum absolute atomic E-state index is 12.1. The number of nitrogens with zero attached hydrogens (tertiary/aromatic N) is 3. The van der Waals surface area contributed by atoms with Gasteiger partial charge in [0.2, 0.25) is 0 Å². The normalized spacial score (nSPS) is 32.0. The molecule has 21 heteroatoms. The summed E-state index contributed by atoms with van der Waals surface area (Å²) < 4.78 is 68.5. The Morgan fingerprint density at radius 1 is 1.06 bits per heavy atom. The molecule has 2 saturated heterocycles. The topological polar surface area (TPSA) is 261 Å². The van der Waals surface area contributed by atoms with Gasteiger partial charge >= 0.3 is 23.5 Å². The molecule has 0 aromatic carbocycles. The number of nitrogen functional groups attached to an aromatic ring is 1. The zero-order chi connectivity index (χ0) is 24.9. The van der Waals surface area contributed by atoms with Crippen molar-refractivity contribution in [3.05, 3.63) is 17.6 Å². The maximum Gasteiger partial charge on any atom is 0.490 e. The molecule has 1 aromatic rings. The summed E-state index contributed by atoms with van der Waals surface area (Å²) in [6, 6.07) is 0. The van der Waals surface area contributed by atoms with Crippen molar-refractivity contribution in [1.29, 1.82) is 0 Å². The molecule has 0 spiro atoms. The van der Waals surface area contributed by atoms with Crippen molar-refractivity contribution in [3.8, 4) is 0 Å². The van der Waals surface area contributed by atoms with Gasteiger partial charge in [-0.1, -0.05) is 0 Å². The fraction of sp³-hybridized carbons (Fsp3) is 0.615. The van der Waals surface area contributed by atoms with Gasteiger partial charge < -0.3 is 44.3 Å². The van der Waals surface area contributed by atoms with Gasteiger partial charge in [-0.2, -0.15) is 8.62 Å². The standard InChI is InChI=1S/C13H19N4O14P3/c1-25-13-28-9-6(3-26-33(21,22)31-34(23,24)30-32(18,19)20)27-10(11(9)29-13)8-7-5(2-15-8)12(14)17-4-16-7/h4,6,9-11,13H,2-3H2,1H3,(H,21,22)(H,23,24)(H2,14,16,17)(H2,18,19,20)/t6-,9-,10+,11-,13?/m1/s1. The van der Waals surface area contributed by atoms with Crippen molar-refractivity contribution >= 4 is 35.0 Å². The smallest absolute Gasteiger partial charge is 0.383 e. The molecule has 18 nitrogen and oxygen atoms in total. The fourth-order valence-electron chi connectivity index (χ4n) is 3.53. The molecule has 4 heterocycles. The van der Waals surface area contributed by atoms with E-state index in [-0.39, 0.29) is 12.4 Å². The minimum absolute atomic E-state index is 0.190. The first-order valence-corrected chi connectivity index (χ1v) is 13.7. The van der Waals surface area contributed by atoms with Crippen molar-refractivity contribution in [3.63, 3.8) is 0 Å². The number of aliphatic imine (C=N–C) groups is 1. The van der Waals surface area contributed by atoms with Gasteiger partial charge in [-0.05, 0) is 0 Å². The molecule has 0 amide bonds. The molecule has 0 radical (unpaired) electrons. The molecule has 3 unspecified atom stereocenters. The Bertz CT molecular complexity index is 1130. The Kier molecular flexibility index (Phi) is 7.12. The second-order valence-electron chi connectivity index (χ2n) is 7.00. The van der Waals surface area contributed by atoms with Crippen molar-refractivity contribution in [2.24, 2.45) is 4.99 Å². The number of hydrogen-bond donors (Lipinski definition) is 5. The molecule has 34 heavy (non-hydrogen) atoms. The number of methoxy groups -OCH3 is 1. The highest BCUT2D eigenvalue weighted by Crippen LogP contribution is 2.66. The number of phosphoric acid groups is 3. The molecule has 6 N–H and O–H groups in total. The van der Waals surface area contributed by atoms with E-state index in [1.165, 1.54) is 13.4 Å². The first-order valence-electron chi connectivity index (χ1n) is 9.20. The second kappa shape index (κ2) is 9.35. The largest absolute Gasteiger partial charge is 0.490 e. The summed E-state index contributed by atoms with van der Waals surface area (Å²) in [5.74, 6) is 0.237. The predicted molar refractivity (Wildman–Crippen MR) is 106 cm³/mol. The van der Waals surface area contributed by atoms with Crippen LogP contribution in [0.5, 0.6) is 0 Å². The van der Waals surface area contributed by atoms with E-state index in [9.17, 15) is 23.5 Å². The number of rotatable bonds is 9. The molecule has 0 saturated carbocycles. The van der Waals surface area contributed by atoms with Crippen LogP contribution in [0.4, 0.5) is 5.82 Å². The minimum atomic E-state index is -5.67. The van der Waals surface area contributed by atoms with E-state index in [4.69, 9.17) is 34.5 Å². The van der Waals surface area contributed by atoms with Crippen LogP contribution in [0.1, 0.15) is 11.3 Å². The second-order valence-corrected chi connectivity index (χ2v) is 11.4. The zero-order valence-electron chi connectivity index (χ0n) is 17.0. The summed E-state index contributed by atoms with van der Waals surface area (Å²) in [4.78, 5) is 48.7. The molecular weight excluding hydrogens is 529 g/mol. The Hall–Kier alpha value is -1.20. The van der Waals surface area contributed by atoms with Crippen LogP contribution in [0.15, 0.2) is 11.3 Å². The van der Waals surface area contributed by atoms with Gasteiger partial charge in [0.05, 0.1) is 24.6 Å². The van der Waals surface area contributed by atoms with E-state index >= 15 is 0 Å². The molecule has 1 aromatic heterocycles. The van der Waals surface area contributed by atoms with E-state index in [0.717, 1.165) is 0 Å². The molecule has 3 aliphatic heterocycles. The third kappa shape index (κ3) is 5.61. The van der Waals surface area contributed by atoms with Gasteiger partial charge in [0, 0.05) is 12.7 Å². The van der Waals surface area contributed by atoms with Crippen LogP contribution in [0, 0.1) is 0 Å². The third-order valence-electron chi connectivity index (χ3n) is 4.76. The predicted octanol–water partition coefficient (Wildman–Crippen LogP) is -0.814. The lowest BCUT2D eigenvalue weighted by Crippen LogP contribution is -2.35. The summed E-state index contributed by atoms with van der Waals surface area (Å²) in [6.07, 6.45) is -2.48. The Labute approximate surface area is 190 Å². The first kappa shape index (κ1) is 25.9. The Morgan fingerprint density at radius 2 is 1.76 bits per heavy atom. The third-order valence-corrected chi connectivity index (χ3v) is 8.56. The number of ether oxygens (including phenoxy) is 4. The van der Waals surface area contributed by atoms with Gasteiger partial charge in [0.25, 0.3) is 6.48 Å². The Balaban J connectivity index is 1.48. The highest BCUT2D eigenvalue weighted by molar-refractivity contribution is 7.66. The molecule has 7 atom stereocenters. The number of fused-ring (bicyclic) bond motifs is 2. The summed E-state index contributed by atoms with van der Waals surface area (Å²) in [6.45, 7) is -1.66. The SMILES string of the molecule is COC1O[C@@H]2[C@H](O1)[C@@H](COP(=O)(O)OP(=O)(O)OP(=O)(O)O)O[C@H]2C1=NCc2c(N)ncnc21. The summed E-state index contributed by atoms with van der Waals surface area (Å²) in [5.41, 5.74) is 7.23. The molecule has 2 fully saturated rings. The van der Waals surface area contributed by atoms with Crippen molar-refractivity contribution in [2.45, 2.75) is 37.4 Å². The Morgan fingerprint density at radius 3 is 2.44 bits per heavy atom. The van der Waals surface area contributed by atoms with E-state index in [1.807, 2.05) is 0 Å². The number of aromatic nitrogens is 2. The van der Waals surface area contributed by atoms with Crippen LogP contribution in [0.25, 0.3) is 0 Å². The van der Waals surface area contributed by atoms with Crippen LogP contribution in [-0.2, 0) is 52.3 Å². The lowest BCUT2D eigenvalue weighted by Gasteiger charge is -2.21. The number of anilines is 1. The van der Waals surface area contributed by atoms with Crippen molar-refractivity contribution in [2.75, 3.05) is 19.5 Å². The lowest BCUT2D eigenvalue weighted by atomic mass is 10.0.